The highest BCUT2D eigenvalue weighted by atomic mass is 16.3. The van der Waals surface area contributed by atoms with Crippen LogP contribution in [-0.4, -0.2) is 22.4 Å². The maximum absolute atomic E-state index is 10.7. The number of fused-ring (bicyclic) bond motifs is 1. The zero-order chi connectivity index (χ0) is 16.4. The highest BCUT2D eigenvalue weighted by Gasteiger charge is 2.36. The van der Waals surface area contributed by atoms with Gasteiger partial charge in [-0.2, -0.15) is 0 Å². The molecule has 1 aromatic rings. The van der Waals surface area contributed by atoms with Crippen LogP contribution < -0.4 is 5.73 Å². The topological polar surface area (TPSA) is 66.5 Å². The van der Waals surface area contributed by atoms with E-state index in [-0.39, 0.29) is 12.7 Å². The van der Waals surface area contributed by atoms with Crippen LogP contribution in [0.3, 0.4) is 0 Å². The van der Waals surface area contributed by atoms with Crippen LogP contribution in [0.5, 0.6) is 0 Å². The van der Waals surface area contributed by atoms with Crippen molar-refractivity contribution in [1.82, 2.24) is 0 Å². The molecule has 2 unspecified atom stereocenters. The van der Waals surface area contributed by atoms with Crippen LogP contribution in [-0.2, 0) is 6.42 Å². The van der Waals surface area contributed by atoms with E-state index >= 15 is 0 Å². The highest BCUT2D eigenvalue weighted by Crippen LogP contribution is 2.42. The fourth-order valence-electron chi connectivity index (χ4n) is 4.49. The number of aryl methyl sites for hydroxylation is 1. The van der Waals surface area contributed by atoms with Gasteiger partial charge in [-0.15, -0.1) is 0 Å². The van der Waals surface area contributed by atoms with Crippen molar-refractivity contribution < 1.29 is 10.2 Å². The van der Waals surface area contributed by atoms with Crippen molar-refractivity contribution in [2.75, 3.05) is 6.61 Å². The molecule has 0 radical (unpaired) electrons. The first kappa shape index (κ1) is 16.9. The van der Waals surface area contributed by atoms with Gasteiger partial charge in [-0.05, 0) is 67.1 Å². The Morgan fingerprint density at radius 1 is 1.30 bits per heavy atom. The molecule has 23 heavy (non-hydrogen) atoms. The molecule has 128 valence electrons. The molecule has 0 spiro atoms. The SMILES string of the molecule is CCCCC1CCc2cc([C@H]3CC[C@](N)(CO)C3)ccc2C1O. The molecule has 2 aliphatic rings. The maximum Gasteiger partial charge on any atom is 0.0820 e. The minimum Gasteiger partial charge on any atom is -0.394 e. The minimum atomic E-state index is -0.397. The quantitative estimate of drug-likeness (QED) is 0.779. The minimum absolute atomic E-state index is 0.0757. The summed E-state index contributed by atoms with van der Waals surface area (Å²) in [5, 5.41) is 20.1. The van der Waals surface area contributed by atoms with Crippen molar-refractivity contribution in [2.45, 2.75) is 75.9 Å². The normalized spacial score (nSPS) is 33.7. The van der Waals surface area contributed by atoms with Crippen molar-refractivity contribution in [3.8, 4) is 0 Å². The summed E-state index contributed by atoms with van der Waals surface area (Å²) in [6.07, 6.45) is 8.23. The molecule has 0 bridgehead atoms. The van der Waals surface area contributed by atoms with E-state index in [1.165, 1.54) is 24.0 Å². The second-order valence-corrected chi connectivity index (χ2v) is 7.80. The molecule has 1 saturated carbocycles. The van der Waals surface area contributed by atoms with E-state index in [1.54, 1.807) is 0 Å². The van der Waals surface area contributed by atoms with Crippen LogP contribution in [0.4, 0.5) is 0 Å². The average Bonchev–Trinajstić information content (AvgIpc) is 2.97. The van der Waals surface area contributed by atoms with Crippen LogP contribution in [0.2, 0.25) is 0 Å². The Kier molecular flexibility index (Phi) is 5.10. The lowest BCUT2D eigenvalue weighted by Gasteiger charge is -2.31. The smallest absolute Gasteiger partial charge is 0.0820 e. The van der Waals surface area contributed by atoms with Crippen molar-refractivity contribution in [3.05, 3.63) is 34.9 Å². The number of hydrogen-bond donors (Lipinski definition) is 3. The molecule has 0 aliphatic heterocycles. The Bertz CT molecular complexity index is 544. The Balaban J connectivity index is 1.74. The molecule has 2 aliphatic carbocycles. The number of benzene rings is 1. The molecule has 4 atom stereocenters. The highest BCUT2D eigenvalue weighted by molar-refractivity contribution is 5.38. The lowest BCUT2D eigenvalue weighted by Crippen LogP contribution is -2.40. The van der Waals surface area contributed by atoms with E-state index in [1.807, 2.05) is 0 Å². The van der Waals surface area contributed by atoms with Crippen molar-refractivity contribution >= 4 is 0 Å². The lowest BCUT2D eigenvalue weighted by molar-refractivity contribution is 0.0871. The lowest BCUT2D eigenvalue weighted by atomic mass is 9.78. The van der Waals surface area contributed by atoms with Crippen LogP contribution in [0.1, 0.15) is 80.6 Å². The van der Waals surface area contributed by atoms with Crippen molar-refractivity contribution in [3.63, 3.8) is 0 Å². The molecular formula is C20H31NO2. The van der Waals surface area contributed by atoms with Gasteiger partial charge in [0.25, 0.3) is 0 Å². The zero-order valence-corrected chi connectivity index (χ0v) is 14.3. The summed E-state index contributed by atoms with van der Waals surface area (Å²) in [5.41, 5.74) is 9.62. The van der Waals surface area contributed by atoms with Gasteiger partial charge >= 0.3 is 0 Å². The molecule has 0 saturated heterocycles. The summed E-state index contributed by atoms with van der Waals surface area (Å²) in [6.45, 7) is 2.28. The van der Waals surface area contributed by atoms with E-state index in [2.05, 4.69) is 25.1 Å². The van der Waals surface area contributed by atoms with Gasteiger partial charge in [0.1, 0.15) is 0 Å². The zero-order valence-electron chi connectivity index (χ0n) is 14.3. The fraction of sp³-hybridized carbons (Fsp3) is 0.700. The molecule has 0 aromatic heterocycles. The molecule has 3 rings (SSSR count). The summed E-state index contributed by atoms with van der Waals surface area (Å²) >= 11 is 0. The summed E-state index contributed by atoms with van der Waals surface area (Å²) in [5.74, 6) is 0.873. The first-order valence-electron chi connectivity index (χ1n) is 9.27. The van der Waals surface area contributed by atoms with Gasteiger partial charge in [-0.3, -0.25) is 0 Å². The van der Waals surface area contributed by atoms with Crippen molar-refractivity contribution in [2.24, 2.45) is 11.7 Å². The Hall–Kier alpha value is -0.900. The number of hydrogen-bond acceptors (Lipinski definition) is 3. The summed E-state index contributed by atoms with van der Waals surface area (Å²) < 4.78 is 0. The van der Waals surface area contributed by atoms with Crippen LogP contribution in [0.25, 0.3) is 0 Å². The van der Waals surface area contributed by atoms with E-state index in [4.69, 9.17) is 5.73 Å². The molecule has 3 nitrogen and oxygen atoms in total. The summed E-state index contributed by atoms with van der Waals surface area (Å²) in [7, 11) is 0. The van der Waals surface area contributed by atoms with Gasteiger partial charge in [-0.1, -0.05) is 38.0 Å². The summed E-state index contributed by atoms with van der Waals surface area (Å²) in [6, 6.07) is 6.61. The van der Waals surface area contributed by atoms with Crippen molar-refractivity contribution in [1.29, 1.82) is 0 Å². The largest absolute Gasteiger partial charge is 0.394 e. The van der Waals surface area contributed by atoms with Gasteiger partial charge in [0, 0.05) is 5.54 Å². The third-order valence-corrected chi connectivity index (χ3v) is 6.08. The van der Waals surface area contributed by atoms with E-state index in [0.29, 0.717) is 11.8 Å². The number of aliphatic hydroxyl groups excluding tert-OH is 2. The standard InChI is InChI=1S/C20H31NO2/c1-2-3-4-14-5-6-16-11-15(7-8-18(16)19(14)23)17-9-10-20(21,12-17)13-22/h7-8,11,14,17,19,22-23H,2-6,9-10,12-13,21H2,1H3/t14?,17-,19?,20+/m0/s1. The molecule has 4 N–H and O–H groups in total. The Labute approximate surface area is 139 Å². The van der Waals surface area contributed by atoms with Crippen LogP contribution >= 0.6 is 0 Å². The number of nitrogens with two attached hydrogens (primary N) is 1. The third-order valence-electron chi connectivity index (χ3n) is 6.08. The molecule has 0 amide bonds. The first-order chi connectivity index (χ1) is 11.1. The van der Waals surface area contributed by atoms with Gasteiger partial charge in [-0.25, -0.2) is 0 Å². The summed E-state index contributed by atoms with van der Waals surface area (Å²) in [4.78, 5) is 0. The Morgan fingerprint density at radius 2 is 2.13 bits per heavy atom. The second-order valence-electron chi connectivity index (χ2n) is 7.80. The van der Waals surface area contributed by atoms with Crippen LogP contribution in [0.15, 0.2) is 18.2 Å². The molecule has 1 aromatic carbocycles. The second kappa shape index (κ2) is 6.92. The first-order valence-corrected chi connectivity index (χ1v) is 9.27. The maximum atomic E-state index is 10.7. The van der Waals surface area contributed by atoms with Gasteiger partial charge in [0.2, 0.25) is 0 Å². The molecule has 1 fully saturated rings. The predicted molar refractivity (Wildman–Crippen MR) is 93.3 cm³/mol. The predicted octanol–water partition coefficient (Wildman–Crippen LogP) is 3.43. The van der Waals surface area contributed by atoms with E-state index in [0.717, 1.165) is 44.1 Å². The van der Waals surface area contributed by atoms with Gasteiger partial charge < -0.3 is 15.9 Å². The van der Waals surface area contributed by atoms with E-state index < -0.39 is 5.54 Å². The third kappa shape index (κ3) is 3.47. The molecular weight excluding hydrogens is 286 g/mol. The molecule has 3 heteroatoms. The fourth-order valence-corrected chi connectivity index (χ4v) is 4.49. The molecule has 0 heterocycles. The van der Waals surface area contributed by atoms with E-state index in [9.17, 15) is 10.2 Å². The Morgan fingerprint density at radius 3 is 2.83 bits per heavy atom. The van der Waals surface area contributed by atoms with Gasteiger partial charge in [0.05, 0.1) is 12.7 Å². The number of aliphatic hydroxyl groups is 2. The monoisotopic (exact) mass is 317 g/mol. The number of rotatable bonds is 5. The average molecular weight is 317 g/mol. The number of unbranched alkanes of at least 4 members (excludes halogenated alkanes) is 1. The van der Waals surface area contributed by atoms with Gasteiger partial charge in [0.15, 0.2) is 0 Å². The van der Waals surface area contributed by atoms with Crippen LogP contribution in [0, 0.1) is 5.92 Å².